The number of hydrogen-bond donors (Lipinski definition) is 1. The van der Waals surface area contributed by atoms with E-state index >= 15 is 0 Å². The second-order valence-electron chi connectivity index (χ2n) is 6.05. The molecule has 0 aliphatic carbocycles. The number of carbonyl (C=O) groups excluding carboxylic acids is 2. The molecule has 1 aromatic heterocycles. The van der Waals surface area contributed by atoms with Gasteiger partial charge in [-0.15, -0.1) is 0 Å². The summed E-state index contributed by atoms with van der Waals surface area (Å²) in [7, 11) is 0. The number of carbonyl (C=O) groups is 2. The summed E-state index contributed by atoms with van der Waals surface area (Å²) >= 11 is 0. The van der Waals surface area contributed by atoms with E-state index in [1.54, 1.807) is 59.3 Å². The van der Waals surface area contributed by atoms with Crippen LogP contribution >= 0.6 is 0 Å². The fourth-order valence-corrected chi connectivity index (χ4v) is 2.95. The second kappa shape index (κ2) is 6.84. The van der Waals surface area contributed by atoms with Crippen molar-refractivity contribution in [2.45, 2.75) is 0 Å². The molecule has 1 N–H and O–H groups in total. The number of benzene rings is 2. The van der Waals surface area contributed by atoms with Crippen molar-refractivity contribution >= 4 is 29.3 Å². The maximum atomic E-state index is 12.7. The van der Waals surface area contributed by atoms with Crippen molar-refractivity contribution in [3.8, 4) is 5.69 Å². The van der Waals surface area contributed by atoms with Crippen LogP contribution in [0.3, 0.4) is 0 Å². The van der Waals surface area contributed by atoms with Gasteiger partial charge in [-0.05, 0) is 42.5 Å². The predicted octanol–water partition coefficient (Wildman–Crippen LogP) is 2.85. The summed E-state index contributed by atoms with van der Waals surface area (Å²) in [5.74, 6) is -0.946. The van der Waals surface area contributed by atoms with E-state index in [1.165, 1.54) is 23.2 Å². The standard InChI is InChI=1S/C20H14N4O4/c25-19-18(20(26)23(21-19)15-5-2-1-3-6-15)13-17-7-4-12-22(17)14-8-10-16(11-9-14)24(27)28/h1-13H,(H,21,25)/b18-13+. The molecule has 8 nitrogen and oxygen atoms in total. The molecular formula is C20H14N4O4. The first-order valence-electron chi connectivity index (χ1n) is 8.39. The minimum atomic E-state index is -0.495. The van der Waals surface area contributed by atoms with Gasteiger partial charge in [-0.1, -0.05) is 18.2 Å². The lowest BCUT2D eigenvalue weighted by Gasteiger charge is -2.13. The van der Waals surface area contributed by atoms with Crippen LogP contribution in [0.25, 0.3) is 11.8 Å². The summed E-state index contributed by atoms with van der Waals surface area (Å²) in [6, 6.07) is 18.3. The van der Waals surface area contributed by atoms with Crippen molar-refractivity contribution in [1.82, 2.24) is 9.99 Å². The molecule has 2 heterocycles. The maximum Gasteiger partial charge on any atom is 0.282 e. The van der Waals surface area contributed by atoms with Crippen molar-refractivity contribution in [3.05, 3.63) is 94.3 Å². The predicted molar refractivity (Wildman–Crippen MR) is 102 cm³/mol. The topological polar surface area (TPSA) is 97.5 Å². The van der Waals surface area contributed by atoms with Crippen LogP contribution in [0, 0.1) is 10.1 Å². The zero-order valence-electron chi connectivity index (χ0n) is 14.5. The maximum absolute atomic E-state index is 12.7. The fourth-order valence-electron chi connectivity index (χ4n) is 2.95. The average molecular weight is 374 g/mol. The molecule has 3 aromatic rings. The number of nitro groups is 1. The molecule has 1 fully saturated rings. The Balaban J connectivity index is 1.67. The Labute approximate surface area is 159 Å². The Morgan fingerprint density at radius 2 is 1.61 bits per heavy atom. The molecule has 0 spiro atoms. The van der Waals surface area contributed by atoms with Crippen LogP contribution in [0.1, 0.15) is 5.69 Å². The van der Waals surface area contributed by atoms with Gasteiger partial charge in [0, 0.05) is 29.7 Å². The van der Waals surface area contributed by atoms with Gasteiger partial charge < -0.3 is 4.57 Å². The number of nitro benzene ring substituents is 1. The summed E-state index contributed by atoms with van der Waals surface area (Å²) in [5, 5.41) is 12.0. The molecule has 2 amide bonds. The number of amides is 2. The highest BCUT2D eigenvalue weighted by atomic mass is 16.6. The van der Waals surface area contributed by atoms with E-state index in [9.17, 15) is 19.7 Å². The SMILES string of the molecule is O=C1NN(c2ccccc2)C(=O)/C1=C/c1cccn1-c1ccc([N+](=O)[O-])cc1. The Kier molecular flexibility index (Phi) is 4.21. The zero-order chi connectivity index (χ0) is 19.7. The largest absolute Gasteiger partial charge is 0.317 e. The van der Waals surface area contributed by atoms with Crippen LogP contribution in [-0.4, -0.2) is 21.3 Å². The van der Waals surface area contributed by atoms with Crippen molar-refractivity contribution in [3.63, 3.8) is 0 Å². The van der Waals surface area contributed by atoms with Gasteiger partial charge in [0.25, 0.3) is 17.5 Å². The molecule has 28 heavy (non-hydrogen) atoms. The molecule has 1 aliphatic rings. The molecule has 0 bridgehead atoms. The van der Waals surface area contributed by atoms with Crippen molar-refractivity contribution < 1.29 is 14.5 Å². The summed E-state index contributed by atoms with van der Waals surface area (Å²) in [6.45, 7) is 0. The Bertz CT molecular complexity index is 1100. The Morgan fingerprint density at radius 1 is 0.893 bits per heavy atom. The third kappa shape index (κ3) is 3.03. The number of non-ortho nitro benzene ring substituents is 1. The van der Waals surface area contributed by atoms with Crippen LogP contribution < -0.4 is 10.4 Å². The molecular weight excluding hydrogens is 360 g/mol. The Hall–Kier alpha value is -4.20. The lowest BCUT2D eigenvalue weighted by molar-refractivity contribution is -0.384. The molecule has 1 saturated heterocycles. The van der Waals surface area contributed by atoms with E-state index in [0.29, 0.717) is 17.1 Å². The fraction of sp³-hybridized carbons (Fsp3) is 0. The van der Waals surface area contributed by atoms with E-state index in [-0.39, 0.29) is 11.3 Å². The number of rotatable bonds is 4. The normalized spacial score (nSPS) is 15.1. The van der Waals surface area contributed by atoms with Crippen molar-refractivity contribution in [2.75, 3.05) is 5.01 Å². The van der Waals surface area contributed by atoms with Crippen LogP contribution in [-0.2, 0) is 9.59 Å². The first kappa shape index (κ1) is 17.2. The minimum Gasteiger partial charge on any atom is -0.317 e. The van der Waals surface area contributed by atoms with Gasteiger partial charge in [0.1, 0.15) is 5.57 Å². The molecule has 2 aromatic carbocycles. The second-order valence-corrected chi connectivity index (χ2v) is 6.05. The third-order valence-corrected chi connectivity index (χ3v) is 4.32. The molecule has 0 saturated carbocycles. The summed E-state index contributed by atoms with van der Waals surface area (Å²) < 4.78 is 1.74. The summed E-state index contributed by atoms with van der Waals surface area (Å²) in [5.41, 5.74) is 4.38. The summed E-state index contributed by atoms with van der Waals surface area (Å²) in [4.78, 5) is 35.4. The lowest BCUT2D eigenvalue weighted by atomic mass is 10.2. The molecule has 138 valence electrons. The number of nitrogens with zero attached hydrogens (tertiary/aromatic N) is 3. The number of anilines is 1. The molecule has 0 radical (unpaired) electrons. The molecule has 8 heteroatoms. The number of nitrogens with one attached hydrogen (secondary N) is 1. The van der Waals surface area contributed by atoms with Gasteiger partial charge in [0.05, 0.1) is 10.6 Å². The van der Waals surface area contributed by atoms with Gasteiger partial charge >= 0.3 is 0 Å². The van der Waals surface area contributed by atoms with Crippen LogP contribution in [0.4, 0.5) is 11.4 Å². The van der Waals surface area contributed by atoms with E-state index < -0.39 is 16.7 Å². The molecule has 0 unspecified atom stereocenters. The molecule has 1 aliphatic heterocycles. The number of aromatic nitrogens is 1. The molecule has 0 atom stereocenters. The van der Waals surface area contributed by atoms with Crippen molar-refractivity contribution in [1.29, 1.82) is 0 Å². The van der Waals surface area contributed by atoms with Gasteiger partial charge in [0.15, 0.2) is 0 Å². The monoisotopic (exact) mass is 374 g/mol. The molecule has 4 rings (SSSR count). The zero-order valence-corrected chi connectivity index (χ0v) is 14.5. The lowest BCUT2D eigenvalue weighted by Crippen LogP contribution is -2.35. The van der Waals surface area contributed by atoms with Gasteiger partial charge in [-0.25, -0.2) is 5.01 Å². The van der Waals surface area contributed by atoms with E-state index in [4.69, 9.17) is 0 Å². The van der Waals surface area contributed by atoms with E-state index in [1.807, 2.05) is 6.07 Å². The van der Waals surface area contributed by atoms with Crippen LogP contribution in [0.5, 0.6) is 0 Å². The highest BCUT2D eigenvalue weighted by Gasteiger charge is 2.34. The van der Waals surface area contributed by atoms with Crippen molar-refractivity contribution in [2.24, 2.45) is 0 Å². The van der Waals surface area contributed by atoms with Gasteiger partial charge in [0.2, 0.25) is 0 Å². The minimum absolute atomic E-state index is 0.00529. The highest BCUT2D eigenvalue weighted by molar-refractivity contribution is 6.31. The number of para-hydroxylation sites is 1. The van der Waals surface area contributed by atoms with Gasteiger partial charge in [-0.3, -0.25) is 25.1 Å². The average Bonchev–Trinajstić information content (AvgIpc) is 3.29. The van der Waals surface area contributed by atoms with Gasteiger partial charge in [-0.2, -0.15) is 0 Å². The van der Waals surface area contributed by atoms with E-state index in [2.05, 4.69) is 5.43 Å². The number of hydrazine groups is 1. The smallest absolute Gasteiger partial charge is 0.282 e. The summed E-state index contributed by atoms with van der Waals surface area (Å²) in [6.07, 6.45) is 3.25. The highest BCUT2D eigenvalue weighted by Crippen LogP contribution is 2.23. The van der Waals surface area contributed by atoms with Crippen LogP contribution in [0.15, 0.2) is 78.5 Å². The number of hydrogen-bond acceptors (Lipinski definition) is 4. The Morgan fingerprint density at radius 3 is 2.29 bits per heavy atom. The first-order chi connectivity index (χ1) is 13.5. The quantitative estimate of drug-likeness (QED) is 0.329. The first-order valence-corrected chi connectivity index (χ1v) is 8.39. The van der Waals surface area contributed by atoms with E-state index in [0.717, 1.165) is 0 Å². The third-order valence-electron chi connectivity index (χ3n) is 4.32. The van der Waals surface area contributed by atoms with Crippen LogP contribution in [0.2, 0.25) is 0 Å².